The molecule has 0 saturated heterocycles. The van der Waals surface area contributed by atoms with Gasteiger partial charge in [-0.2, -0.15) is 0 Å². The Kier molecular flexibility index (Phi) is 15.6. The molecule has 0 amide bonds. The number of rotatable bonds is 16. The molecule has 0 saturated carbocycles. The summed E-state index contributed by atoms with van der Waals surface area (Å²) < 4.78 is 15.9. The lowest BCUT2D eigenvalue weighted by atomic mass is 10.1. The number of unbranched alkanes of at least 4 members (excludes halogenated alkanes) is 1. The minimum atomic E-state index is -0.383. The molecule has 0 fully saturated rings. The van der Waals surface area contributed by atoms with E-state index in [1.807, 2.05) is 6.92 Å². The summed E-state index contributed by atoms with van der Waals surface area (Å²) in [7, 11) is 0. The third-order valence-corrected chi connectivity index (χ3v) is 3.98. The maximum atomic E-state index is 11.6. The van der Waals surface area contributed by atoms with Crippen molar-refractivity contribution in [2.24, 2.45) is 5.92 Å². The predicted molar refractivity (Wildman–Crippen MR) is 96.2 cm³/mol. The Bertz CT molecular complexity index is 341. The Labute approximate surface area is 152 Å². The van der Waals surface area contributed by atoms with Gasteiger partial charge in [-0.25, -0.2) is 0 Å². The molecule has 1 unspecified atom stereocenters. The summed E-state index contributed by atoms with van der Waals surface area (Å²) in [5.74, 6) is -0.539. The molecule has 0 rings (SSSR count). The van der Waals surface area contributed by atoms with E-state index in [2.05, 4.69) is 13.8 Å². The molecular formula is C19H36O6. The van der Waals surface area contributed by atoms with Crippen molar-refractivity contribution in [1.82, 2.24) is 0 Å². The lowest BCUT2D eigenvalue weighted by molar-refractivity contribution is -0.151. The molecule has 6 nitrogen and oxygen atoms in total. The van der Waals surface area contributed by atoms with E-state index in [1.165, 1.54) is 0 Å². The molecule has 6 heteroatoms. The van der Waals surface area contributed by atoms with Crippen LogP contribution in [0.5, 0.6) is 0 Å². The highest BCUT2D eigenvalue weighted by Gasteiger charge is 2.11. The smallest absolute Gasteiger partial charge is 0.306 e. The average molecular weight is 360 g/mol. The van der Waals surface area contributed by atoms with Crippen LogP contribution in [-0.4, -0.2) is 49.6 Å². The first kappa shape index (κ1) is 23.9. The average Bonchev–Trinajstić information content (AvgIpc) is 2.62. The van der Waals surface area contributed by atoms with Gasteiger partial charge in [0.2, 0.25) is 0 Å². The summed E-state index contributed by atoms with van der Waals surface area (Å²) in [6, 6.07) is 0. The number of ether oxygens (including phenoxy) is 3. The Morgan fingerprint density at radius 2 is 1.52 bits per heavy atom. The van der Waals surface area contributed by atoms with Gasteiger partial charge in [0.05, 0.1) is 32.2 Å². The zero-order valence-electron chi connectivity index (χ0n) is 16.1. The van der Waals surface area contributed by atoms with Crippen molar-refractivity contribution in [3.05, 3.63) is 0 Å². The quantitative estimate of drug-likeness (QED) is 0.336. The molecule has 0 aromatic heterocycles. The molecule has 0 aliphatic heterocycles. The van der Waals surface area contributed by atoms with E-state index in [1.54, 1.807) is 0 Å². The van der Waals surface area contributed by atoms with Gasteiger partial charge in [-0.3, -0.25) is 9.59 Å². The summed E-state index contributed by atoms with van der Waals surface area (Å²) >= 11 is 0. The molecule has 0 bridgehead atoms. The maximum absolute atomic E-state index is 11.6. The van der Waals surface area contributed by atoms with E-state index < -0.39 is 0 Å². The standard InChI is InChI=1S/C19H36O6/c1-4-17(5-2)23-13-6-7-14-24-18(21)10-11-19(22)25-15-16(3)9-8-12-20/h16-17,20H,4-15H2,1-3H3. The van der Waals surface area contributed by atoms with Crippen LogP contribution in [0.15, 0.2) is 0 Å². The Morgan fingerprint density at radius 3 is 2.12 bits per heavy atom. The first-order valence-electron chi connectivity index (χ1n) is 9.57. The fraction of sp³-hybridized carbons (Fsp3) is 0.895. The van der Waals surface area contributed by atoms with Crippen molar-refractivity contribution in [2.75, 3.05) is 26.4 Å². The molecule has 0 radical (unpaired) electrons. The molecule has 0 spiro atoms. The van der Waals surface area contributed by atoms with Crippen LogP contribution in [0, 0.1) is 5.92 Å². The van der Waals surface area contributed by atoms with Crippen molar-refractivity contribution in [3.63, 3.8) is 0 Å². The number of hydrogen-bond donors (Lipinski definition) is 1. The molecule has 0 aliphatic rings. The van der Waals surface area contributed by atoms with E-state index in [0.29, 0.717) is 32.3 Å². The number of carbonyl (C=O) groups is 2. The maximum Gasteiger partial charge on any atom is 0.306 e. The van der Waals surface area contributed by atoms with Gasteiger partial charge >= 0.3 is 11.9 Å². The molecule has 0 aliphatic carbocycles. The highest BCUT2D eigenvalue weighted by atomic mass is 16.5. The number of hydrogen-bond acceptors (Lipinski definition) is 6. The fourth-order valence-electron chi connectivity index (χ4n) is 2.27. The Morgan fingerprint density at radius 1 is 0.920 bits per heavy atom. The van der Waals surface area contributed by atoms with Crippen molar-refractivity contribution in [2.45, 2.75) is 78.2 Å². The summed E-state index contributed by atoms with van der Waals surface area (Å²) in [5, 5.41) is 8.74. The molecule has 148 valence electrons. The predicted octanol–water partition coefficient (Wildman–Crippen LogP) is 3.25. The first-order chi connectivity index (χ1) is 12.0. The van der Waals surface area contributed by atoms with Gasteiger partial charge in [0.1, 0.15) is 0 Å². The van der Waals surface area contributed by atoms with Crippen molar-refractivity contribution < 1.29 is 28.9 Å². The van der Waals surface area contributed by atoms with Gasteiger partial charge in [0.15, 0.2) is 0 Å². The fourth-order valence-corrected chi connectivity index (χ4v) is 2.27. The lowest BCUT2D eigenvalue weighted by Gasteiger charge is -2.13. The van der Waals surface area contributed by atoms with E-state index in [0.717, 1.165) is 32.1 Å². The highest BCUT2D eigenvalue weighted by molar-refractivity contribution is 5.77. The zero-order valence-corrected chi connectivity index (χ0v) is 16.1. The SMILES string of the molecule is CCC(CC)OCCCCOC(=O)CCC(=O)OCC(C)CCCO. The largest absolute Gasteiger partial charge is 0.466 e. The van der Waals surface area contributed by atoms with Crippen LogP contribution >= 0.6 is 0 Å². The molecule has 25 heavy (non-hydrogen) atoms. The molecule has 1 atom stereocenters. The Balaban J connectivity index is 3.55. The monoisotopic (exact) mass is 360 g/mol. The third-order valence-electron chi connectivity index (χ3n) is 3.98. The normalized spacial score (nSPS) is 12.2. The van der Waals surface area contributed by atoms with Gasteiger partial charge in [-0.15, -0.1) is 0 Å². The second kappa shape index (κ2) is 16.3. The van der Waals surface area contributed by atoms with E-state index in [-0.39, 0.29) is 37.3 Å². The minimum absolute atomic E-state index is 0.0450. The van der Waals surface area contributed by atoms with Gasteiger partial charge in [-0.05, 0) is 44.4 Å². The summed E-state index contributed by atoms with van der Waals surface area (Å²) in [5.41, 5.74) is 0. The lowest BCUT2D eigenvalue weighted by Crippen LogP contribution is -2.15. The van der Waals surface area contributed by atoms with Gasteiger partial charge in [0.25, 0.3) is 0 Å². The number of esters is 2. The van der Waals surface area contributed by atoms with Crippen molar-refractivity contribution in [3.8, 4) is 0 Å². The summed E-state index contributed by atoms with van der Waals surface area (Å²) in [6.07, 6.45) is 5.58. The van der Waals surface area contributed by atoms with E-state index in [9.17, 15) is 9.59 Å². The Hall–Kier alpha value is -1.14. The van der Waals surface area contributed by atoms with Crippen LogP contribution in [0.1, 0.15) is 72.1 Å². The molecule has 0 heterocycles. The van der Waals surface area contributed by atoms with E-state index >= 15 is 0 Å². The molecule has 0 aromatic carbocycles. The van der Waals surface area contributed by atoms with Crippen LogP contribution in [0.3, 0.4) is 0 Å². The summed E-state index contributed by atoms with van der Waals surface area (Å²) in [6.45, 7) is 7.69. The zero-order chi connectivity index (χ0) is 18.9. The van der Waals surface area contributed by atoms with Crippen molar-refractivity contribution >= 4 is 11.9 Å². The molecule has 1 N–H and O–H groups in total. The second-order valence-electron chi connectivity index (χ2n) is 6.39. The van der Waals surface area contributed by atoms with Crippen LogP contribution in [0.4, 0.5) is 0 Å². The summed E-state index contributed by atoms with van der Waals surface area (Å²) in [4.78, 5) is 23.1. The van der Waals surface area contributed by atoms with Crippen LogP contribution in [0.2, 0.25) is 0 Å². The topological polar surface area (TPSA) is 82.1 Å². The number of aliphatic hydroxyl groups is 1. The third kappa shape index (κ3) is 14.9. The van der Waals surface area contributed by atoms with Crippen molar-refractivity contribution in [1.29, 1.82) is 0 Å². The first-order valence-corrected chi connectivity index (χ1v) is 9.57. The highest BCUT2D eigenvalue weighted by Crippen LogP contribution is 2.07. The van der Waals surface area contributed by atoms with Gasteiger partial charge < -0.3 is 19.3 Å². The molecule has 0 aromatic rings. The van der Waals surface area contributed by atoms with Crippen LogP contribution in [0.25, 0.3) is 0 Å². The van der Waals surface area contributed by atoms with Gasteiger partial charge in [-0.1, -0.05) is 20.8 Å². The minimum Gasteiger partial charge on any atom is -0.466 e. The molecular weight excluding hydrogens is 324 g/mol. The number of aliphatic hydroxyl groups excluding tert-OH is 1. The number of carbonyl (C=O) groups excluding carboxylic acids is 2. The van der Waals surface area contributed by atoms with E-state index in [4.69, 9.17) is 19.3 Å². The van der Waals surface area contributed by atoms with Gasteiger partial charge in [0, 0.05) is 13.2 Å². The second-order valence-corrected chi connectivity index (χ2v) is 6.39. The van der Waals surface area contributed by atoms with Crippen LogP contribution in [-0.2, 0) is 23.8 Å². The van der Waals surface area contributed by atoms with Crippen LogP contribution < -0.4 is 0 Å².